The Balaban J connectivity index is 1.65. The number of halogens is 2. The number of fused-ring (bicyclic) bond motifs is 1. The number of aryl methyl sites for hydroxylation is 1. The van der Waals surface area contributed by atoms with Crippen molar-refractivity contribution in [1.29, 1.82) is 0 Å². The second kappa shape index (κ2) is 8.56. The lowest BCUT2D eigenvalue weighted by Crippen LogP contribution is -2.27. The topological polar surface area (TPSA) is 62.6 Å². The van der Waals surface area contributed by atoms with Crippen LogP contribution in [0.15, 0.2) is 93.3 Å². The van der Waals surface area contributed by atoms with Gasteiger partial charge in [0, 0.05) is 21.8 Å². The van der Waals surface area contributed by atoms with E-state index in [1.54, 1.807) is 30.3 Å². The molecule has 0 radical (unpaired) electrons. The quantitative estimate of drug-likeness (QED) is 0.278. The van der Waals surface area contributed by atoms with Crippen LogP contribution in [0.5, 0.6) is 0 Å². The highest BCUT2D eigenvalue weighted by atomic mass is 79.9. The van der Waals surface area contributed by atoms with Gasteiger partial charge in [0.25, 0.3) is 10.0 Å². The van der Waals surface area contributed by atoms with Crippen LogP contribution in [-0.4, -0.2) is 23.5 Å². The fourth-order valence-electron chi connectivity index (χ4n) is 3.96. The number of sulfonamides is 1. The van der Waals surface area contributed by atoms with E-state index in [1.165, 1.54) is 4.41 Å². The summed E-state index contributed by atoms with van der Waals surface area (Å²) in [6, 6.07) is 23.2. The lowest BCUT2D eigenvalue weighted by molar-refractivity contribution is 0.371. The summed E-state index contributed by atoms with van der Waals surface area (Å²) >= 11 is 10.1. The molecule has 0 bridgehead atoms. The first kappa shape index (κ1) is 22.1. The molecular weight excluding hydrogens is 522 g/mol. The summed E-state index contributed by atoms with van der Waals surface area (Å²) in [7, 11) is -3.91. The number of hydrazone groups is 1. The van der Waals surface area contributed by atoms with Gasteiger partial charge in [-0.15, -0.1) is 0 Å². The van der Waals surface area contributed by atoms with Crippen LogP contribution in [0.1, 0.15) is 29.2 Å². The van der Waals surface area contributed by atoms with Gasteiger partial charge in [-0.05, 0) is 54.4 Å². The first-order valence-electron chi connectivity index (χ1n) is 10.3. The van der Waals surface area contributed by atoms with Gasteiger partial charge in [0.15, 0.2) is 0 Å². The maximum absolute atomic E-state index is 13.6. The van der Waals surface area contributed by atoms with E-state index in [4.69, 9.17) is 11.6 Å². The summed E-state index contributed by atoms with van der Waals surface area (Å²) in [4.78, 5) is 4.74. The molecule has 33 heavy (non-hydrogen) atoms. The standard InChI is InChI=1S/C25H19BrClN3O2S/c1-16-7-8-18-14-21(25(27)28-22(18)13-16)24-15-23(17-9-11-19(26)12-10-17)29-30(24)33(31,32)20-5-3-2-4-6-20/h2-14,24H,15H2,1H3. The number of pyridine rings is 1. The summed E-state index contributed by atoms with van der Waals surface area (Å²) in [5.74, 6) is 0. The van der Waals surface area contributed by atoms with Crippen LogP contribution in [0, 0.1) is 6.92 Å². The molecule has 0 aliphatic carbocycles. The fraction of sp³-hybridized carbons (Fsp3) is 0.120. The highest BCUT2D eigenvalue weighted by molar-refractivity contribution is 9.10. The van der Waals surface area contributed by atoms with E-state index in [0.29, 0.717) is 17.7 Å². The molecule has 1 aliphatic heterocycles. The van der Waals surface area contributed by atoms with E-state index < -0.39 is 16.1 Å². The van der Waals surface area contributed by atoms with Crippen molar-refractivity contribution < 1.29 is 8.42 Å². The van der Waals surface area contributed by atoms with E-state index in [1.807, 2.05) is 55.5 Å². The van der Waals surface area contributed by atoms with Gasteiger partial charge in [-0.1, -0.05) is 70.0 Å². The van der Waals surface area contributed by atoms with Crippen molar-refractivity contribution in [2.24, 2.45) is 5.10 Å². The molecule has 166 valence electrons. The lowest BCUT2D eigenvalue weighted by atomic mass is 9.99. The third kappa shape index (κ3) is 4.16. The van der Waals surface area contributed by atoms with Gasteiger partial charge in [-0.25, -0.2) is 4.98 Å². The maximum atomic E-state index is 13.6. The van der Waals surface area contributed by atoms with Crippen LogP contribution in [-0.2, 0) is 10.0 Å². The average Bonchev–Trinajstić information content (AvgIpc) is 3.26. The lowest BCUT2D eigenvalue weighted by Gasteiger charge is -2.24. The Morgan fingerprint density at radius 2 is 1.73 bits per heavy atom. The van der Waals surface area contributed by atoms with E-state index >= 15 is 0 Å². The Morgan fingerprint density at radius 3 is 2.45 bits per heavy atom. The van der Waals surface area contributed by atoms with Gasteiger partial charge >= 0.3 is 0 Å². The molecule has 1 atom stereocenters. The molecular formula is C25H19BrClN3O2S. The van der Waals surface area contributed by atoms with Crippen LogP contribution >= 0.6 is 27.5 Å². The first-order chi connectivity index (χ1) is 15.8. The molecule has 5 rings (SSSR count). The molecule has 0 saturated heterocycles. The first-order valence-corrected chi connectivity index (χ1v) is 12.9. The normalized spacial score (nSPS) is 16.3. The van der Waals surface area contributed by atoms with E-state index in [-0.39, 0.29) is 10.0 Å². The van der Waals surface area contributed by atoms with Gasteiger partial charge in [0.2, 0.25) is 0 Å². The molecule has 0 N–H and O–H groups in total. The Labute approximate surface area is 205 Å². The van der Waals surface area contributed by atoms with E-state index in [0.717, 1.165) is 26.5 Å². The molecule has 1 unspecified atom stereocenters. The van der Waals surface area contributed by atoms with Gasteiger partial charge in [0.05, 0.1) is 22.2 Å². The van der Waals surface area contributed by atoms with Gasteiger partial charge in [0.1, 0.15) is 5.15 Å². The number of aromatic nitrogens is 1. The Bertz CT molecular complexity index is 1490. The number of benzene rings is 3. The van der Waals surface area contributed by atoms with E-state index in [2.05, 4.69) is 26.0 Å². The smallest absolute Gasteiger partial charge is 0.236 e. The molecule has 1 aliphatic rings. The predicted octanol–water partition coefficient (Wildman–Crippen LogP) is 6.50. The SMILES string of the molecule is Cc1ccc2cc(C3CC(c4ccc(Br)cc4)=NN3S(=O)(=O)c3ccccc3)c(Cl)nc2c1. The Kier molecular flexibility index (Phi) is 5.72. The van der Waals surface area contributed by atoms with Gasteiger partial charge < -0.3 is 0 Å². The van der Waals surface area contributed by atoms with Crippen molar-refractivity contribution >= 4 is 54.2 Å². The van der Waals surface area contributed by atoms with Crippen LogP contribution in [0.4, 0.5) is 0 Å². The highest BCUT2D eigenvalue weighted by Crippen LogP contribution is 2.40. The van der Waals surface area contributed by atoms with Crippen LogP contribution in [0.3, 0.4) is 0 Å². The fourth-order valence-corrected chi connectivity index (χ4v) is 5.95. The number of rotatable bonds is 4. The molecule has 0 fully saturated rings. The Morgan fingerprint density at radius 1 is 1.00 bits per heavy atom. The molecule has 0 spiro atoms. The Hall–Kier alpha value is -2.74. The zero-order valence-electron chi connectivity index (χ0n) is 17.6. The summed E-state index contributed by atoms with van der Waals surface area (Å²) in [6.07, 6.45) is 0.381. The minimum atomic E-state index is -3.91. The third-order valence-electron chi connectivity index (χ3n) is 5.65. The maximum Gasteiger partial charge on any atom is 0.279 e. The molecule has 4 aromatic rings. The molecule has 5 nitrogen and oxygen atoms in total. The molecule has 2 heterocycles. The third-order valence-corrected chi connectivity index (χ3v) is 8.18. The highest BCUT2D eigenvalue weighted by Gasteiger charge is 2.39. The minimum Gasteiger partial charge on any atom is -0.236 e. The van der Waals surface area contributed by atoms with Crippen molar-refractivity contribution in [3.05, 3.63) is 105 Å². The van der Waals surface area contributed by atoms with Crippen molar-refractivity contribution in [3.63, 3.8) is 0 Å². The number of hydrogen-bond donors (Lipinski definition) is 0. The molecule has 3 aromatic carbocycles. The second-order valence-electron chi connectivity index (χ2n) is 7.93. The van der Waals surface area contributed by atoms with Crippen molar-refractivity contribution in [2.75, 3.05) is 0 Å². The summed E-state index contributed by atoms with van der Waals surface area (Å²) < 4.78 is 29.4. The summed E-state index contributed by atoms with van der Waals surface area (Å²) in [6.45, 7) is 1.99. The van der Waals surface area contributed by atoms with Gasteiger partial charge in [-0.2, -0.15) is 17.9 Å². The van der Waals surface area contributed by atoms with Gasteiger partial charge in [-0.3, -0.25) is 0 Å². The van der Waals surface area contributed by atoms with Crippen LogP contribution in [0.2, 0.25) is 5.15 Å². The number of hydrogen-bond acceptors (Lipinski definition) is 4. The zero-order chi connectivity index (χ0) is 23.2. The average molecular weight is 541 g/mol. The van der Waals surface area contributed by atoms with Crippen molar-refractivity contribution in [2.45, 2.75) is 24.3 Å². The molecule has 8 heteroatoms. The molecule has 0 saturated carbocycles. The summed E-state index contributed by atoms with van der Waals surface area (Å²) in [5, 5.41) is 5.76. The van der Waals surface area contributed by atoms with Crippen molar-refractivity contribution in [3.8, 4) is 0 Å². The van der Waals surface area contributed by atoms with E-state index in [9.17, 15) is 8.42 Å². The van der Waals surface area contributed by atoms with Crippen molar-refractivity contribution in [1.82, 2.24) is 9.40 Å². The predicted molar refractivity (Wildman–Crippen MR) is 135 cm³/mol. The molecule has 1 aromatic heterocycles. The number of nitrogens with zero attached hydrogens (tertiary/aromatic N) is 3. The largest absolute Gasteiger partial charge is 0.279 e. The molecule has 0 amide bonds. The zero-order valence-corrected chi connectivity index (χ0v) is 20.8. The second-order valence-corrected chi connectivity index (χ2v) is 11.0. The monoisotopic (exact) mass is 539 g/mol. The van der Waals surface area contributed by atoms with Crippen LogP contribution in [0.25, 0.3) is 10.9 Å². The van der Waals surface area contributed by atoms with Crippen LogP contribution < -0.4 is 0 Å². The summed E-state index contributed by atoms with van der Waals surface area (Å²) in [5.41, 5.74) is 4.01. The minimum absolute atomic E-state index is 0.177.